The third-order valence-corrected chi connectivity index (χ3v) is 4.62. The van der Waals surface area contributed by atoms with E-state index >= 15 is 0 Å². The summed E-state index contributed by atoms with van der Waals surface area (Å²) in [7, 11) is 0. The van der Waals surface area contributed by atoms with E-state index in [4.69, 9.17) is 4.74 Å². The van der Waals surface area contributed by atoms with Crippen molar-refractivity contribution in [3.8, 4) is 0 Å². The molecule has 0 aliphatic carbocycles. The largest absolute Gasteiger partial charge is 0.374 e. The Bertz CT molecular complexity index is 884. The minimum atomic E-state index is -0.325. The summed E-state index contributed by atoms with van der Waals surface area (Å²) < 4.78 is 6.89. The molecule has 7 nitrogen and oxygen atoms in total. The number of aryl methyl sites for hydroxylation is 1. The Balaban J connectivity index is 1.72. The highest BCUT2D eigenvalue weighted by Gasteiger charge is 2.26. The van der Waals surface area contributed by atoms with Gasteiger partial charge in [0.1, 0.15) is 0 Å². The molecule has 0 radical (unpaired) electrons. The zero-order valence-corrected chi connectivity index (χ0v) is 14.5. The van der Waals surface area contributed by atoms with Gasteiger partial charge in [0, 0.05) is 19.5 Å². The minimum absolute atomic E-state index is 0.0325. The lowest BCUT2D eigenvalue weighted by Gasteiger charge is -2.35. The van der Waals surface area contributed by atoms with Gasteiger partial charge >= 0.3 is 0 Å². The molecule has 1 fully saturated rings. The predicted octanol–water partition coefficient (Wildman–Crippen LogP) is 0.963. The van der Waals surface area contributed by atoms with Crippen LogP contribution in [0.4, 0.5) is 0 Å². The minimum Gasteiger partial charge on any atom is -0.374 e. The first kappa shape index (κ1) is 17.4. The Kier molecular flexibility index (Phi) is 5.03. The Labute approximate surface area is 145 Å². The highest BCUT2D eigenvalue weighted by Crippen LogP contribution is 2.14. The van der Waals surface area contributed by atoms with Crippen LogP contribution in [0.2, 0.25) is 0 Å². The number of amides is 1. The average molecular weight is 345 g/mol. The van der Waals surface area contributed by atoms with Crippen molar-refractivity contribution in [3.05, 3.63) is 45.0 Å². The van der Waals surface area contributed by atoms with E-state index in [1.807, 2.05) is 0 Å². The number of aromatic amines is 1. The van der Waals surface area contributed by atoms with Gasteiger partial charge in [0.2, 0.25) is 5.91 Å². The van der Waals surface area contributed by atoms with Crippen LogP contribution >= 0.6 is 0 Å². The number of fused-ring (bicyclic) bond motifs is 1. The van der Waals surface area contributed by atoms with Gasteiger partial charge in [-0.15, -0.1) is 0 Å². The van der Waals surface area contributed by atoms with Gasteiger partial charge in [-0.25, -0.2) is 4.68 Å². The summed E-state index contributed by atoms with van der Waals surface area (Å²) in [5, 5.41) is 3.29. The second kappa shape index (κ2) is 7.23. The van der Waals surface area contributed by atoms with Crippen molar-refractivity contribution in [2.75, 3.05) is 19.7 Å². The van der Waals surface area contributed by atoms with E-state index in [2.05, 4.69) is 18.9 Å². The van der Waals surface area contributed by atoms with E-state index in [-0.39, 0.29) is 36.1 Å². The lowest BCUT2D eigenvalue weighted by atomic mass is 10.1. The number of hydrogen-bond donors (Lipinski definition) is 1. The molecular formula is C18H23N3O4. The summed E-state index contributed by atoms with van der Waals surface area (Å²) in [5.41, 5.74) is -0.612. The fourth-order valence-electron chi connectivity index (χ4n) is 3.07. The molecule has 1 amide bonds. The highest BCUT2D eigenvalue weighted by atomic mass is 16.5. The Hall–Kier alpha value is -2.41. The third-order valence-electron chi connectivity index (χ3n) is 4.62. The van der Waals surface area contributed by atoms with Crippen molar-refractivity contribution in [2.24, 2.45) is 5.92 Å². The highest BCUT2D eigenvalue weighted by molar-refractivity contribution is 5.80. The van der Waals surface area contributed by atoms with Crippen molar-refractivity contribution in [3.63, 3.8) is 0 Å². The van der Waals surface area contributed by atoms with Gasteiger partial charge in [-0.1, -0.05) is 26.0 Å². The van der Waals surface area contributed by atoms with Crippen molar-refractivity contribution in [1.82, 2.24) is 14.7 Å². The molecule has 134 valence electrons. The van der Waals surface area contributed by atoms with Gasteiger partial charge in [-0.05, 0) is 18.1 Å². The molecule has 25 heavy (non-hydrogen) atoms. The van der Waals surface area contributed by atoms with Gasteiger partial charge in [-0.2, -0.15) is 0 Å². The number of aromatic nitrogens is 2. The maximum Gasteiger partial charge on any atom is 0.273 e. The van der Waals surface area contributed by atoms with E-state index in [9.17, 15) is 14.4 Å². The topological polar surface area (TPSA) is 84.4 Å². The molecule has 0 bridgehead atoms. The SMILES string of the molecule is CC(C)C1CN(C(=O)CCn2[nH]c(=O)c3ccccc3c2=O)CCO1. The molecule has 1 aromatic heterocycles. The molecule has 2 aromatic rings. The number of benzene rings is 1. The first-order chi connectivity index (χ1) is 12.0. The normalized spacial score (nSPS) is 18.0. The number of carbonyl (C=O) groups excluding carboxylic acids is 1. The van der Waals surface area contributed by atoms with Crippen LogP contribution in [0.15, 0.2) is 33.9 Å². The van der Waals surface area contributed by atoms with Gasteiger partial charge in [0.25, 0.3) is 11.1 Å². The van der Waals surface area contributed by atoms with Crippen molar-refractivity contribution in [1.29, 1.82) is 0 Å². The molecule has 1 atom stereocenters. The Morgan fingerprint density at radius 2 is 2.00 bits per heavy atom. The molecule has 1 N–H and O–H groups in total. The standard InChI is InChI=1S/C18H23N3O4/c1-12(2)15-11-20(9-10-25-15)16(22)7-8-21-18(24)14-6-4-3-5-13(14)17(23)19-21/h3-6,12,15H,7-11H2,1-2H3,(H,19,23). The number of nitrogens with one attached hydrogen (secondary N) is 1. The molecule has 1 unspecified atom stereocenters. The number of nitrogens with zero attached hydrogens (tertiary/aromatic N) is 2. The zero-order valence-electron chi connectivity index (χ0n) is 14.5. The average Bonchev–Trinajstić information content (AvgIpc) is 2.63. The predicted molar refractivity (Wildman–Crippen MR) is 94.6 cm³/mol. The molecule has 1 aromatic carbocycles. The molecule has 0 spiro atoms. The third kappa shape index (κ3) is 3.66. The monoisotopic (exact) mass is 345 g/mol. The van der Waals surface area contributed by atoms with Crippen LogP contribution in [0.25, 0.3) is 10.8 Å². The van der Waals surface area contributed by atoms with Crippen LogP contribution in [0.3, 0.4) is 0 Å². The maximum atomic E-state index is 12.5. The van der Waals surface area contributed by atoms with Gasteiger partial charge < -0.3 is 9.64 Å². The molecular weight excluding hydrogens is 322 g/mol. The summed E-state index contributed by atoms with van der Waals surface area (Å²) >= 11 is 0. The van der Waals surface area contributed by atoms with Crippen LogP contribution in [0, 0.1) is 5.92 Å². The van der Waals surface area contributed by atoms with E-state index in [0.717, 1.165) is 0 Å². The number of rotatable bonds is 4. The summed E-state index contributed by atoms with van der Waals surface area (Å²) in [5.74, 6) is 0.310. The number of hydrogen-bond acceptors (Lipinski definition) is 4. The Morgan fingerprint density at radius 3 is 2.72 bits per heavy atom. The van der Waals surface area contributed by atoms with Crippen LogP contribution in [0.5, 0.6) is 0 Å². The molecule has 1 aliphatic rings. The number of ether oxygens (including phenoxy) is 1. The van der Waals surface area contributed by atoms with E-state index < -0.39 is 0 Å². The fourth-order valence-corrected chi connectivity index (χ4v) is 3.07. The van der Waals surface area contributed by atoms with E-state index in [1.54, 1.807) is 29.2 Å². The lowest BCUT2D eigenvalue weighted by Crippen LogP contribution is -2.47. The zero-order chi connectivity index (χ0) is 18.0. The van der Waals surface area contributed by atoms with Crippen LogP contribution in [0.1, 0.15) is 20.3 Å². The van der Waals surface area contributed by atoms with E-state index in [0.29, 0.717) is 36.4 Å². The lowest BCUT2D eigenvalue weighted by molar-refractivity contribution is -0.140. The molecule has 7 heteroatoms. The van der Waals surface area contributed by atoms with Crippen molar-refractivity contribution < 1.29 is 9.53 Å². The fraction of sp³-hybridized carbons (Fsp3) is 0.500. The van der Waals surface area contributed by atoms with Crippen LogP contribution in [-0.2, 0) is 16.1 Å². The molecule has 3 rings (SSSR count). The van der Waals surface area contributed by atoms with E-state index in [1.165, 1.54) is 4.68 Å². The van der Waals surface area contributed by atoms with Crippen LogP contribution < -0.4 is 11.1 Å². The second-order valence-corrected chi connectivity index (χ2v) is 6.69. The quantitative estimate of drug-likeness (QED) is 0.895. The molecule has 1 aliphatic heterocycles. The maximum absolute atomic E-state index is 12.5. The molecule has 1 saturated heterocycles. The van der Waals surface area contributed by atoms with Gasteiger partial charge in [0.05, 0.1) is 30.0 Å². The summed E-state index contributed by atoms with van der Waals surface area (Å²) in [6.07, 6.45) is 0.208. The van der Waals surface area contributed by atoms with Crippen molar-refractivity contribution in [2.45, 2.75) is 32.9 Å². The van der Waals surface area contributed by atoms with Crippen LogP contribution in [-0.4, -0.2) is 46.4 Å². The number of carbonyl (C=O) groups is 1. The second-order valence-electron chi connectivity index (χ2n) is 6.69. The number of morpholine rings is 1. The summed E-state index contributed by atoms with van der Waals surface area (Å²) in [4.78, 5) is 38.8. The first-order valence-corrected chi connectivity index (χ1v) is 8.58. The smallest absolute Gasteiger partial charge is 0.273 e. The first-order valence-electron chi connectivity index (χ1n) is 8.58. The van der Waals surface area contributed by atoms with Crippen molar-refractivity contribution >= 4 is 16.7 Å². The van der Waals surface area contributed by atoms with Gasteiger partial charge in [0.15, 0.2) is 0 Å². The molecule has 0 saturated carbocycles. The van der Waals surface area contributed by atoms with Gasteiger partial charge in [-0.3, -0.25) is 19.5 Å². The molecule has 2 heterocycles. The summed E-state index contributed by atoms with van der Waals surface area (Å²) in [6, 6.07) is 6.68. The summed E-state index contributed by atoms with van der Waals surface area (Å²) in [6.45, 7) is 5.95. The Morgan fingerprint density at radius 1 is 1.28 bits per heavy atom. The number of H-pyrrole nitrogens is 1.